The Hall–Kier alpha value is -3.22. The van der Waals surface area contributed by atoms with Crippen molar-refractivity contribution in [1.82, 2.24) is 0 Å². The molecule has 0 N–H and O–H groups in total. The molecular weight excluding hydrogens is 324 g/mol. The summed E-state index contributed by atoms with van der Waals surface area (Å²) < 4.78 is 0. The van der Waals surface area contributed by atoms with Gasteiger partial charge in [0, 0.05) is 16.7 Å². The highest BCUT2D eigenvalue weighted by Gasteiger charge is 1.83. The van der Waals surface area contributed by atoms with Crippen molar-refractivity contribution in [3.63, 3.8) is 0 Å². The highest BCUT2D eigenvalue weighted by molar-refractivity contribution is 5.42. The van der Waals surface area contributed by atoms with Crippen LogP contribution in [0.1, 0.15) is 51.3 Å². The average Bonchev–Trinajstić information content (AvgIpc) is 2.78. The van der Waals surface area contributed by atoms with Crippen LogP contribution in [0.3, 0.4) is 0 Å². The lowest BCUT2D eigenvalue weighted by Crippen LogP contribution is -1.73. The van der Waals surface area contributed by atoms with Gasteiger partial charge in [0.1, 0.15) is 0 Å². The lowest BCUT2D eigenvalue weighted by Gasteiger charge is -1.88. The molecule has 0 saturated heterocycles. The van der Waals surface area contributed by atoms with E-state index in [0.29, 0.717) is 0 Å². The Labute approximate surface area is 166 Å². The van der Waals surface area contributed by atoms with Gasteiger partial charge in [0.05, 0.1) is 0 Å². The summed E-state index contributed by atoms with van der Waals surface area (Å²) in [6.45, 7) is 9.84. The quantitative estimate of drug-likeness (QED) is 0.375. The van der Waals surface area contributed by atoms with Crippen molar-refractivity contribution in [1.29, 1.82) is 0 Å². The summed E-state index contributed by atoms with van der Waals surface area (Å²) in [5.41, 5.74) is 3.19. The summed E-state index contributed by atoms with van der Waals surface area (Å²) in [6.07, 6.45) is 0. The van der Waals surface area contributed by atoms with Gasteiger partial charge < -0.3 is 0 Å². The Morgan fingerprint density at radius 3 is 0.926 bits per heavy atom. The summed E-state index contributed by atoms with van der Waals surface area (Å²) in [7, 11) is 0. The maximum atomic E-state index is 3.11. The molecule has 0 aliphatic rings. The van der Waals surface area contributed by atoms with E-state index < -0.39 is 0 Å². The van der Waals surface area contributed by atoms with Crippen LogP contribution in [0.4, 0.5) is 0 Å². The Kier molecular flexibility index (Phi) is 15.5. The van der Waals surface area contributed by atoms with Gasteiger partial charge in [-0.25, -0.2) is 0 Å². The molecule has 0 aromatic heterocycles. The fraction of sp³-hybridized carbons (Fsp3) is 0.185. The predicted octanol–water partition coefficient (Wildman–Crippen LogP) is 7.20. The van der Waals surface area contributed by atoms with Crippen LogP contribution in [0.2, 0.25) is 0 Å². The molecule has 0 aliphatic carbocycles. The summed E-state index contributed by atoms with van der Waals surface area (Å²) in [5.74, 6) is 12.0. The summed E-state index contributed by atoms with van der Waals surface area (Å²) in [6, 6.07) is 30.0. The minimum Gasteiger partial charge on any atom is -0.101 e. The standard InChI is InChI=1S/C14H10.C9H8.2C2H6/c1-3-7-13(8-4-1)11-12-14-9-5-2-6-10-14;1-2-6-9-7-4-3-5-8-9;2*1-2/h1-10H;3-5,7-8H,1H3;2*1-2H3. The van der Waals surface area contributed by atoms with Crippen molar-refractivity contribution in [3.8, 4) is 23.7 Å². The van der Waals surface area contributed by atoms with Crippen molar-refractivity contribution >= 4 is 0 Å². The largest absolute Gasteiger partial charge is 0.101 e. The van der Waals surface area contributed by atoms with E-state index in [0.717, 1.165) is 16.7 Å². The maximum absolute atomic E-state index is 3.11. The molecular formula is C27H30. The summed E-state index contributed by atoms with van der Waals surface area (Å²) in [5, 5.41) is 0. The number of hydrogen-bond acceptors (Lipinski definition) is 0. The first-order chi connectivity index (χ1) is 13.4. The highest BCUT2D eigenvalue weighted by Crippen LogP contribution is 1.98. The molecule has 3 aromatic rings. The Morgan fingerprint density at radius 1 is 0.407 bits per heavy atom. The van der Waals surface area contributed by atoms with Gasteiger partial charge in [-0.15, -0.1) is 5.92 Å². The first-order valence-corrected chi connectivity index (χ1v) is 9.48. The molecule has 0 fully saturated rings. The monoisotopic (exact) mass is 354 g/mol. The van der Waals surface area contributed by atoms with E-state index >= 15 is 0 Å². The third-order valence-electron chi connectivity index (χ3n) is 2.94. The third kappa shape index (κ3) is 11.9. The van der Waals surface area contributed by atoms with Crippen molar-refractivity contribution in [2.45, 2.75) is 34.6 Å². The normalized spacial score (nSPS) is 7.59. The molecule has 0 heterocycles. The van der Waals surface area contributed by atoms with Gasteiger partial charge in [-0.2, -0.15) is 0 Å². The zero-order chi connectivity index (χ0) is 20.2. The molecule has 0 amide bonds. The minimum absolute atomic E-state index is 1.05. The molecule has 0 atom stereocenters. The molecule has 0 heteroatoms. The van der Waals surface area contributed by atoms with Crippen LogP contribution in [0.25, 0.3) is 0 Å². The van der Waals surface area contributed by atoms with E-state index in [1.54, 1.807) is 0 Å². The SMILES string of the molecule is C(#Cc1ccccc1)c1ccccc1.CC.CC.CC#Cc1ccccc1. The van der Waals surface area contributed by atoms with Crippen molar-refractivity contribution < 1.29 is 0 Å². The van der Waals surface area contributed by atoms with Crippen LogP contribution in [0.15, 0.2) is 91.0 Å². The van der Waals surface area contributed by atoms with E-state index in [2.05, 4.69) is 23.7 Å². The van der Waals surface area contributed by atoms with Crippen molar-refractivity contribution in [2.75, 3.05) is 0 Å². The van der Waals surface area contributed by atoms with E-state index in [4.69, 9.17) is 0 Å². The van der Waals surface area contributed by atoms with Crippen molar-refractivity contribution in [3.05, 3.63) is 108 Å². The lowest BCUT2D eigenvalue weighted by molar-refractivity contribution is 1.50. The predicted molar refractivity (Wildman–Crippen MR) is 121 cm³/mol. The van der Waals surface area contributed by atoms with Crippen molar-refractivity contribution in [2.24, 2.45) is 0 Å². The second kappa shape index (κ2) is 17.6. The molecule has 0 bridgehead atoms. The first kappa shape index (κ1) is 23.8. The van der Waals surface area contributed by atoms with Crippen LogP contribution >= 0.6 is 0 Å². The summed E-state index contributed by atoms with van der Waals surface area (Å²) >= 11 is 0. The second-order valence-corrected chi connectivity index (χ2v) is 4.72. The molecule has 138 valence electrons. The van der Waals surface area contributed by atoms with E-state index in [1.807, 2.05) is 126 Å². The molecule has 3 aromatic carbocycles. The fourth-order valence-electron chi connectivity index (χ4n) is 1.85. The molecule has 0 aliphatic heterocycles. The number of rotatable bonds is 0. The van der Waals surface area contributed by atoms with Gasteiger partial charge in [0.2, 0.25) is 0 Å². The van der Waals surface area contributed by atoms with Gasteiger partial charge in [-0.3, -0.25) is 0 Å². The van der Waals surface area contributed by atoms with Crippen LogP contribution in [-0.2, 0) is 0 Å². The highest BCUT2D eigenvalue weighted by atomic mass is 13.9. The molecule has 3 rings (SSSR count). The van der Waals surface area contributed by atoms with Crippen LogP contribution in [0, 0.1) is 23.7 Å². The minimum atomic E-state index is 1.05. The molecule has 0 nitrogen and oxygen atoms in total. The Bertz CT molecular complexity index is 765. The smallest absolute Gasteiger partial charge is 0.0249 e. The zero-order valence-corrected chi connectivity index (χ0v) is 17.2. The van der Waals surface area contributed by atoms with Gasteiger partial charge in [-0.05, 0) is 43.3 Å². The van der Waals surface area contributed by atoms with Crippen LogP contribution < -0.4 is 0 Å². The van der Waals surface area contributed by atoms with Gasteiger partial charge in [0.15, 0.2) is 0 Å². The molecule has 0 saturated carbocycles. The van der Waals surface area contributed by atoms with E-state index in [-0.39, 0.29) is 0 Å². The second-order valence-electron chi connectivity index (χ2n) is 4.72. The fourth-order valence-corrected chi connectivity index (χ4v) is 1.85. The lowest BCUT2D eigenvalue weighted by atomic mass is 10.2. The Morgan fingerprint density at radius 2 is 0.667 bits per heavy atom. The third-order valence-corrected chi connectivity index (χ3v) is 2.94. The zero-order valence-electron chi connectivity index (χ0n) is 17.2. The van der Waals surface area contributed by atoms with Crippen LogP contribution in [0.5, 0.6) is 0 Å². The first-order valence-electron chi connectivity index (χ1n) is 9.48. The molecule has 0 spiro atoms. The summed E-state index contributed by atoms with van der Waals surface area (Å²) in [4.78, 5) is 0. The van der Waals surface area contributed by atoms with Crippen LogP contribution in [-0.4, -0.2) is 0 Å². The molecule has 27 heavy (non-hydrogen) atoms. The topological polar surface area (TPSA) is 0 Å². The van der Waals surface area contributed by atoms with E-state index in [9.17, 15) is 0 Å². The molecule has 0 unspecified atom stereocenters. The number of hydrogen-bond donors (Lipinski definition) is 0. The molecule has 0 radical (unpaired) electrons. The average molecular weight is 355 g/mol. The van der Waals surface area contributed by atoms with Gasteiger partial charge >= 0.3 is 0 Å². The van der Waals surface area contributed by atoms with E-state index in [1.165, 1.54) is 0 Å². The van der Waals surface area contributed by atoms with Gasteiger partial charge in [0.25, 0.3) is 0 Å². The van der Waals surface area contributed by atoms with Gasteiger partial charge in [-0.1, -0.05) is 100 Å². The Balaban J connectivity index is 0.000000451. The maximum Gasteiger partial charge on any atom is 0.0249 e. The number of benzene rings is 3.